The van der Waals surface area contributed by atoms with Crippen LogP contribution in [0.1, 0.15) is 5.56 Å². The first-order valence-corrected chi connectivity index (χ1v) is 3.89. The Balaban J connectivity index is 3.13. The molecule has 1 rings (SSSR count). The molecule has 1 aromatic rings. The standard InChI is InChI=1S/C8H5BrN2O/c9-7-4-6(2-1-3-12)8(10)11-5-7/h3-5H,(H2,10,11). The summed E-state index contributed by atoms with van der Waals surface area (Å²) in [7, 11) is 0. The molecule has 2 N–H and O–H groups in total. The van der Waals surface area contributed by atoms with E-state index >= 15 is 0 Å². The van der Waals surface area contributed by atoms with Crippen LogP contribution in [0.15, 0.2) is 16.7 Å². The first-order chi connectivity index (χ1) is 5.74. The molecule has 3 nitrogen and oxygen atoms in total. The lowest BCUT2D eigenvalue weighted by Gasteiger charge is -1.95. The minimum Gasteiger partial charge on any atom is -0.383 e. The summed E-state index contributed by atoms with van der Waals surface area (Å²) in [5, 5.41) is 0. The van der Waals surface area contributed by atoms with Gasteiger partial charge in [0, 0.05) is 10.7 Å². The molecule has 0 fully saturated rings. The lowest BCUT2D eigenvalue weighted by molar-refractivity contribution is -0.103. The molecule has 1 aromatic heterocycles. The molecule has 0 aliphatic carbocycles. The van der Waals surface area contributed by atoms with Gasteiger partial charge in [0.2, 0.25) is 0 Å². The van der Waals surface area contributed by atoms with E-state index in [-0.39, 0.29) is 0 Å². The van der Waals surface area contributed by atoms with Gasteiger partial charge in [0.05, 0.1) is 5.56 Å². The summed E-state index contributed by atoms with van der Waals surface area (Å²) in [4.78, 5) is 13.8. The average molecular weight is 225 g/mol. The molecule has 0 atom stereocenters. The zero-order valence-electron chi connectivity index (χ0n) is 6.04. The fourth-order valence-electron chi connectivity index (χ4n) is 0.657. The quantitative estimate of drug-likeness (QED) is 0.528. The van der Waals surface area contributed by atoms with Gasteiger partial charge in [0.15, 0.2) is 6.29 Å². The average Bonchev–Trinajstić information content (AvgIpc) is 2.07. The van der Waals surface area contributed by atoms with Crippen molar-refractivity contribution in [1.29, 1.82) is 0 Å². The number of rotatable bonds is 0. The number of carbonyl (C=O) groups excluding carboxylic acids is 1. The fraction of sp³-hybridized carbons (Fsp3) is 0. The van der Waals surface area contributed by atoms with Crippen LogP contribution in [-0.2, 0) is 4.79 Å². The van der Waals surface area contributed by atoms with E-state index in [2.05, 4.69) is 32.8 Å². The van der Waals surface area contributed by atoms with E-state index in [1.54, 1.807) is 12.3 Å². The maximum Gasteiger partial charge on any atom is 0.193 e. The van der Waals surface area contributed by atoms with Crippen LogP contribution >= 0.6 is 15.9 Å². The van der Waals surface area contributed by atoms with Crippen molar-refractivity contribution in [3.63, 3.8) is 0 Å². The van der Waals surface area contributed by atoms with Crippen molar-refractivity contribution in [2.75, 3.05) is 5.73 Å². The molecule has 12 heavy (non-hydrogen) atoms. The van der Waals surface area contributed by atoms with Crippen LogP contribution in [0.25, 0.3) is 0 Å². The zero-order valence-corrected chi connectivity index (χ0v) is 7.63. The van der Waals surface area contributed by atoms with Crippen molar-refractivity contribution in [3.8, 4) is 11.8 Å². The molecule has 0 radical (unpaired) electrons. The number of nitrogens with two attached hydrogens (primary N) is 1. The van der Waals surface area contributed by atoms with E-state index in [1.165, 1.54) is 0 Å². The molecule has 0 aromatic carbocycles. The predicted molar refractivity (Wildman–Crippen MR) is 49.3 cm³/mol. The summed E-state index contributed by atoms with van der Waals surface area (Å²) < 4.78 is 0.784. The SMILES string of the molecule is Nc1ncc(Br)cc1C#CC=O. The Bertz CT molecular complexity index is 365. The number of nitrogen functional groups attached to an aromatic ring is 1. The van der Waals surface area contributed by atoms with Gasteiger partial charge in [-0.05, 0) is 27.9 Å². The fourth-order valence-corrected chi connectivity index (χ4v) is 0.988. The Kier molecular flexibility index (Phi) is 2.83. The Labute approximate surface area is 78.1 Å². The predicted octanol–water partition coefficient (Wildman–Crippen LogP) is 0.977. The number of nitrogens with zero attached hydrogens (tertiary/aromatic N) is 1. The van der Waals surface area contributed by atoms with Crippen molar-refractivity contribution in [2.45, 2.75) is 0 Å². The Morgan fingerprint density at radius 1 is 1.67 bits per heavy atom. The molecule has 60 valence electrons. The highest BCUT2D eigenvalue weighted by Gasteiger charge is 1.96. The Morgan fingerprint density at radius 3 is 3.08 bits per heavy atom. The van der Waals surface area contributed by atoms with Gasteiger partial charge in [-0.25, -0.2) is 4.98 Å². The monoisotopic (exact) mass is 224 g/mol. The number of hydrogen-bond donors (Lipinski definition) is 1. The van der Waals surface area contributed by atoms with Gasteiger partial charge in [-0.15, -0.1) is 0 Å². The van der Waals surface area contributed by atoms with E-state index in [0.29, 0.717) is 17.7 Å². The summed E-state index contributed by atoms with van der Waals surface area (Å²) in [5.41, 5.74) is 6.03. The van der Waals surface area contributed by atoms with Crippen LogP contribution in [0, 0.1) is 11.8 Å². The second-order valence-electron chi connectivity index (χ2n) is 1.97. The smallest absolute Gasteiger partial charge is 0.193 e. The summed E-state index contributed by atoms with van der Waals surface area (Å²) in [6.45, 7) is 0. The second kappa shape index (κ2) is 3.88. The molecular weight excluding hydrogens is 220 g/mol. The topological polar surface area (TPSA) is 56.0 Å². The normalized spacial score (nSPS) is 8.42. The van der Waals surface area contributed by atoms with Gasteiger partial charge in [-0.1, -0.05) is 5.92 Å². The molecule has 0 aliphatic rings. The van der Waals surface area contributed by atoms with Gasteiger partial charge >= 0.3 is 0 Å². The highest BCUT2D eigenvalue weighted by molar-refractivity contribution is 9.10. The number of aromatic nitrogens is 1. The van der Waals surface area contributed by atoms with E-state index in [1.807, 2.05) is 0 Å². The van der Waals surface area contributed by atoms with E-state index in [9.17, 15) is 4.79 Å². The highest BCUT2D eigenvalue weighted by Crippen LogP contribution is 2.13. The van der Waals surface area contributed by atoms with Crippen molar-refractivity contribution in [2.24, 2.45) is 0 Å². The molecule has 0 saturated carbocycles. The molecule has 4 heteroatoms. The largest absolute Gasteiger partial charge is 0.383 e. The Morgan fingerprint density at radius 2 is 2.42 bits per heavy atom. The molecule has 0 bridgehead atoms. The molecule has 1 heterocycles. The third-order valence-electron chi connectivity index (χ3n) is 1.15. The lowest BCUT2D eigenvalue weighted by atomic mass is 10.2. The van der Waals surface area contributed by atoms with Gasteiger partial charge in [-0.2, -0.15) is 0 Å². The third kappa shape index (κ3) is 2.07. The van der Waals surface area contributed by atoms with Crippen molar-refractivity contribution >= 4 is 28.0 Å². The van der Waals surface area contributed by atoms with Crippen LogP contribution in [-0.4, -0.2) is 11.3 Å². The van der Waals surface area contributed by atoms with Crippen molar-refractivity contribution in [1.82, 2.24) is 4.98 Å². The summed E-state index contributed by atoms with van der Waals surface area (Å²) in [5.74, 6) is 5.16. The van der Waals surface area contributed by atoms with E-state index < -0.39 is 0 Å². The molecule has 0 spiro atoms. The van der Waals surface area contributed by atoms with Gasteiger partial charge in [0.1, 0.15) is 5.82 Å². The molecular formula is C8H5BrN2O. The first kappa shape index (κ1) is 8.75. The third-order valence-corrected chi connectivity index (χ3v) is 1.58. The first-order valence-electron chi connectivity index (χ1n) is 3.10. The molecule has 0 aliphatic heterocycles. The maximum absolute atomic E-state index is 9.93. The number of carbonyl (C=O) groups is 1. The lowest BCUT2D eigenvalue weighted by Crippen LogP contribution is -1.93. The van der Waals surface area contributed by atoms with Crippen LogP contribution in [0.5, 0.6) is 0 Å². The van der Waals surface area contributed by atoms with Crippen molar-refractivity contribution in [3.05, 3.63) is 22.3 Å². The number of pyridine rings is 1. The number of halogens is 1. The summed E-state index contributed by atoms with van der Waals surface area (Å²) >= 11 is 3.21. The van der Waals surface area contributed by atoms with Crippen LogP contribution in [0.2, 0.25) is 0 Å². The minimum atomic E-state index is 0.326. The number of hydrogen-bond acceptors (Lipinski definition) is 3. The molecule has 0 saturated heterocycles. The number of aldehydes is 1. The van der Waals surface area contributed by atoms with Crippen LogP contribution < -0.4 is 5.73 Å². The maximum atomic E-state index is 9.93. The van der Waals surface area contributed by atoms with Crippen LogP contribution in [0.3, 0.4) is 0 Å². The highest BCUT2D eigenvalue weighted by atomic mass is 79.9. The summed E-state index contributed by atoms with van der Waals surface area (Å²) in [6, 6.07) is 1.71. The summed E-state index contributed by atoms with van der Waals surface area (Å²) in [6.07, 6.45) is 2.09. The van der Waals surface area contributed by atoms with Gasteiger partial charge in [0.25, 0.3) is 0 Å². The van der Waals surface area contributed by atoms with Crippen molar-refractivity contribution < 1.29 is 4.79 Å². The molecule has 0 unspecified atom stereocenters. The molecule has 0 amide bonds. The minimum absolute atomic E-state index is 0.326. The zero-order chi connectivity index (χ0) is 8.97. The van der Waals surface area contributed by atoms with Gasteiger partial charge < -0.3 is 5.73 Å². The number of anilines is 1. The second-order valence-corrected chi connectivity index (χ2v) is 2.89. The van der Waals surface area contributed by atoms with Crippen LogP contribution in [0.4, 0.5) is 5.82 Å². The van der Waals surface area contributed by atoms with E-state index in [0.717, 1.165) is 4.47 Å². The Hall–Kier alpha value is -1.34. The van der Waals surface area contributed by atoms with Gasteiger partial charge in [-0.3, -0.25) is 4.79 Å². The van der Waals surface area contributed by atoms with E-state index in [4.69, 9.17) is 5.73 Å².